The lowest BCUT2D eigenvalue weighted by Gasteiger charge is -2.13. The molecule has 1 N–H and O–H groups in total. The van der Waals surface area contributed by atoms with Crippen LogP contribution in [0.4, 0.5) is 5.69 Å². The summed E-state index contributed by atoms with van der Waals surface area (Å²) in [5.41, 5.74) is 1.91. The second-order valence-corrected chi connectivity index (χ2v) is 4.52. The van der Waals surface area contributed by atoms with Gasteiger partial charge in [0, 0.05) is 12.6 Å². The van der Waals surface area contributed by atoms with Gasteiger partial charge in [0.25, 0.3) is 5.91 Å². The second kappa shape index (κ2) is 6.19. The SMILES string of the molecule is CC(=O)O[C@H](C)C(=O)Nc1ccc(C(C)C)cc1. The number of ether oxygens (including phenoxy) is 1. The molecule has 0 saturated carbocycles. The molecule has 1 atom stereocenters. The van der Waals surface area contributed by atoms with Crippen molar-refractivity contribution in [3.63, 3.8) is 0 Å². The predicted octanol–water partition coefficient (Wildman–Crippen LogP) is 2.70. The van der Waals surface area contributed by atoms with Crippen molar-refractivity contribution in [1.29, 1.82) is 0 Å². The fraction of sp³-hybridized carbons (Fsp3) is 0.429. The Hall–Kier alpha value is -1.84. The van der Waals surface area contributed by atoms with Crippen LogP contribution in [0.5, 0.6) is 0 Å². The molecule has 0 saturated heterocycles. The number of hydrogen-bond acceptors (Lipinski definition) is 3. The third-order valence-corrected chi connectivity index (χ3v) is 2.56. The lowest BCUT2D eigenvalue weighted by atomic mass is 10.0. The van der Waals surface area contributed by atoms with E-state index >= 15 is 0 Å². The minimum absolute atomic E-state index is 0.331. The Morgan fingerprint density at radius 2 is 1.67 bits per heavy atom. The summed E-state index contributed by atoms with van der Waals surface area (Å²) < 4.78 is 4.80. The van der Waals surface area contributed by atoms with Crippen molar-refractivity contribution in [1.82, 2.24) is 0 Å². The summed E-state index contributed by atoms with van der Waals surface area (Å²) in [5, 5.41) is 2.70. The van der Waals surface area contributed by atoms with Gasteiger partial charge >= 0.3 is 5.97 Å². The van der Waals surface area contributed by atoms with Gasteiger partial charge in [0.1, 0.15) is 0 Å². The number of carbonyl (C=O) groups is 2. The van der Waals surface area contributed by atoms with Gasteiger partial charge in [-0.3, -0.25) is 9.59 Å². The normalized spacial score (nSPS) is 12.1. The molecule has 1 amide bonds. The highest BCUT2D eigenvalue weighted by Crippen LogP contribution is 2.17. The van der Waals surface area contributed by atoms with Gasteiger partial charge in [-0.25, -0.2) is 0 Å². The maximum Gasteiger partial charge on any atom is 0.303 e. The van der Waals surface area contributed by atoms with Gasteiger partial charge in [-0.2, -0.15) is 0 Å². The van der Waals surface area contributed by atoms with E-state index in [4.69, 9.17) is 4.74 Å². The first-order valence-electron chi connectivity index (χ1n) is 5.98. The highest BCUT2D eigenvalue weighted by Gasteiger charge is 2.15. The largest absolute Gasteiger partial charge is 0.453 e. The molecule has 0 aliphatic carbocycles. The first kappa shape index (κ1) is 14.2. The van der Waals surface area contributed by atoms with E-state index in [1.807, 2.05) is 24.3 Å². The average molecular weight is 249 g/mol. The highest BCUT2D eigenvalue weighted by atomic mass is 16.5. The van der Waals surface area contributed by atoms with Gasteiger partial charge in [0.05, 0.1) is 0 Å². The number of carbonyl (C=O) groups excluding carboxylic acids is 2. The van der Waals surface area contributed by atoms with Crippen molar-refractivity contribution >= 4 is 17.6 Å². The van der Waals surface area contributed by atoms with E-state index in [1.165, 1.54) is 12.5 Å². The van der Waals surface area contributed by atoms with Crippen LogP contribution in [0, 0.1) is 0 Å². The molecule has 0 bridgehead atoms. The molecule has 0 aliphatic rings. The van der Waals surface area contributed by atoms with Crippen LogP contribution >= 0.6 is 0 Å². The molecule has 0 fully saturated rings. The summed E-state index contributed by atoms with van der Waals surface area (Å²) >= 11 is 0. The quantitative estimate of drug-likeness (QED) is 0.835. The van der Waals surface area contributed by atoms with E-state index < -0.39 is 12.1 Å². The van der Waals surface area contributed by atoms with Crippen LogP contribution in [0.25, 0.3) is 0 Å². The molecular formula is C14H19NO3. The molecule has 0 aliphatic heterocycles. The minimum Gasteiger partial charge on any atom is -0.453 e. The Morgan fingerprint density at radius 1 is 1.11 bits per heavy atom. The Kier molecular flexibility index (Phi) is 4.89. The molecule has 4 nitrogen and oxygen atoms in total. The first-order valence-corrected chi connectivity index (χ1v) is 5.98. The number of hydrogen-bond donors (Lipinski definition) is 1. The molecule has 1 aromatic carbocycles. The van der Waals surface area contributed by atoms with Gasteiger partial charge in [0.15, 0.2) is 6.10 Å². The molecule has 4 heteroatoms. The van der Waals surface area contributed by atoms with Crippen LogP contribution in [-0.2, 0) is 14.3 Å². The van der Waals surface area contributed by atoms with Crippen LogP contribution in [0.2, 0.25) is 0 Å². The third-order valence-electron chi connectivity index (χ3n) is 2.56. The standard InChI is InChI=1S/C14H19NO3/c1-9(2)12-5-7-13(8-6-12)15-14(17)10(3)18-11(4)16/h5-10H,1-4H3,(H,15,17)/t10-/m1/s1. The lowest BCUT2D eigenvalue weighted by molar-refractivity contribution is -0.150. The van der Waals surface area contributed by atoms with E-state index in [0.717, 1.165) is 0 Å². The van der Waals surface area contributed by atoms with Crippen LogP contribution in [0.15, 0.2) is 24.3 Å². The molecule has 0 unspecified atom stereocenters. The zero-order chi connectivity index (χ0) is 13.7. The summed E-state index contributed by atoms with van der Waals surface area (Å²) in [7, 11) is 0. The zero-order valence-electron chi connectivity index (χ0n) is 11.2. The molecule has 98 valence electrons. The number of esters is 1. The first-order chi connectivity index (χ1) is 8.40. The van der Waals surface area contributed by atoms with Crippen molar-refractivity contribution in [2.24, 2.45) is 0 Å². The van der Waals surface area contributed by atoms with Crippen LogP contribution < -0.4 is 5.32 Å². The van der Waals surface area contributed by atoms with Crippen LogP contribution in [-0.4, -0.2) is 18.0 Å². The summed E-state index contributed by atoms with van der Waals surface area (Å²) in [4.78, 5) is 22.4. The zero-order valence-corrected chi connectivity index (χ0v) is 11.2. The van der Waals surface area contributed by atoms with Crippen molar-refractivity contribution in [3.8, 4) is 0 Å². The summed E-state index contributed by atoms with van der Waals surface area (Å²) in [6, 6.07) is 7.62. The number of benzene rings is 1. The molecule has 18 heavy (non-hydrogen) atoms. The van der Waals surface area contributed by atoms with Crippen LogP contribution in [0.3, 0.4) is 0 Å². The third kappa shape index (κ3) is 4.20. The molecule has 0 heterocycles. The van der Waals surface area contributed by atoms with E-state index in [2.05, 4.69) is 19.2 Å². The molecule has 0 aromatic heterocycles. The average Bonchev–Trinajstić information content (AvgIpc) is 2.28. The Bertz CT molecular complexity index is 423. The van der Waals surface area contributed by atoms with Gasteiger partial charge < -0.3 is 10.1 Å². The molecule has 0 radical (unpaired) electrons. The lowest BCUT2D eigenvalue weighted by Crippen LogP contribution is -2.29. The van der Waals surface area contributed by atoms with E-state index in [-0.39, 0.29) is 5.91 Å². The van der Waals surface area contributed by atoms with Crippen molar-refractivity contribution in [2.75, 3.05) is 5.32 Å². The molecule has 1 aromatic rings. The van der Waals surface area contributed by atoms with Crippen LogP contribution in [0.1, 0.15) is 39.2 Å². The van der Waals surface area contributed by atoms with Gasteiger partial charge in [0.2, 0.25) is 0 Å². The monoisotopic (exact) mass is 249 g/mol. The van der Waals surface area contributed by atoms with Crippen molar-refractivity contribution in [2.45, 2.75) is 39.7 Å². The predicted molar refractivity (Wildman–Crippen MR) is 70.4 cm³/mol. The van der Waals surface area contributed by atoms with Crippen molar-refractivity contribution < 1.29 is 14.3 Å². The second-order valence-electron chi connectivity index (χ2n) is 4.52. The highest BCUT2D eigenvalue weighted by molar-refractivity contribution is 5.94. The van der Waals surface area contributed by atoms with Gasteiger partial charge in [-0.05, 0) is 30.5 Å². The topological polar surface area (TPSA) is 55.4 Å². The fourth-order valence-electron chi connectivity index (χ4n) is 1.50. The van der Waals surface area contributed by atoms with Gasteiger partial charge in [-0.15, -0.1) is 0 Å². The Balaban J connectivity index is 2.62. The molecular weight excluding hydrogens is 230 g/mol. The molecule has 1 rings (SSSR count). The Morgan fingerprint density at radius 3 is 2.11 bits per heavy atom. The summed E-state index contributed by atoms with van der Waals surface area (Å²) in [5.74, 6) is -0.343. The smallest absolute Gasteiger partial charge is 0.303 e. The fourth-order valence-corrected chi connectivity index (χ4v) is 1.50. The van der Waals surface area contributed by atoms with E-state index in [9.17, 15) is 9.59 Å². The summed E-state index contributed by atoms with van der Waals surface area (Å²) in [6.45, 7) is 7.03. The van der Waals surface area contributed by atoms with E-state index in [1.54, 1.807) is 6.92 Å². The van der Waals surface area contributed by atoms with Gasteiger partial charge in [-0.1, -0.05) is 26.0 Å². The Labute approximate surface area is 107 Å². The maximum absolute atomic E-state index is 11.7. The van der Waals surface area contributed by atoms with Crippen molar-refractivity contribution in [3.05, 3.63) is 29.8 Å². The number of amides is 1. The van der Waals surface area contributed by atoms with E-state index in [0.29, 0.717) is 11.6 Å². The summed E-state index contributed by atoms with van der Waals surface area (Å²) in [6.07, 6.45) is -0.785. The maximum atomic E-state index is 11.7. The number of anilines is 1. The minimum atomic E-state index is -0.785. The number of rotatable bonds is 4. The number of nitrogens with one attached hydrogen (secondary N) is 1. The molecule has 0 spiro atoms.